The van der Waals surface area contributed by atoms with E-state index in [1.165, 1.54) is 13.2 Å². The first-order valence-electron chi connectivity index (χ1n) is 9.74. The first kappa shape index (κ1) is 20.9. The molecule has 2 heterocycles. The van der Waals surface area contributed by atoms with Crippen molar-refractivity contribution in [3.8, 4) is 5.75 Å². The number of amides is 1. The summed E-state index contributed by atoms with van der Waals surface area (Å²) < 4.78 is 49.8. The molecule has 0 saturated carbocycles. The minimum atomic E-state index is -4.49. The Balaban J connectivity index is 1.88. The number of ether oxygens (including phenoxy) is 2. The van der Waals surface area contributed by atoms with Gasteiger partial charge in [0, 0.05) is 19.2 Å². The molecule has 1 aromatic rings. The molecular formula is C20H27F3N2O3. The van der Waals surface area contributed by atoms with Gasteiger partial charge in [-0.2, -0.15) is 13.2 Å². The number of alkyl halides is 3. The summed E-state index contributed by atoms with van der Waals surface area (Å²) >= 11 is 0. The Morgan fingerprint density at radius 1 is 1.32 bits per heavy atom. The molecule has 28 heavy (non-hydrogen) atoms. The Labute approximate surface area is 163 Å². The summed E-state index contributed by atoms with van der Waals surface area (Å²) in [6.07, 6.45) is -1.34. The van der Waals surface area contributed by atoms with E-state index in [0.29, 0.717) is 19.8 Å². The quantitative estimate of drug-likeness (QED) is 0.760. The van der Waals surface area contributed by atoms with Gasteiger partial charge in [-0.05, 0) is 57.5 Å². The van der Waals surface area contributed by atoms with Crippen LogP contribution >= 0.6 is 0 Å². The van der Waals surface area contributed by atoms with Gasteiger partial charge in [-0.1, -0.05) is 0 Å². The van der Waals surface area contributed by atoms with Crippen molar-refractivity contribution in [1.82, 2.24) is 9.80 Å². The van der Waals surface area contributed by atoms with Crippen LogP contribution in [0.4, 0.5) is 13.2 Å². The van der Waals surface area contributed by atoms with Crippen LogP contribution < -0.4 is 4.74 Å². The fourth-order valence-corrected chi connectivity index (χ4v) is 4.24. The summed E-state index contributed by atoms with van der Waals surface area (Å²) in [6, 6.07) is 3.10. The highest BCUT2D eigenvalue weighted by molar-refractivity contribution is 5.97. The molecule has 2 atom stereocenters. The SMILES string of the molecule is CCN(C(=O)c1ccc(C(F)(F)F)cc1OC)C1COCCC1N1CCCC1. The lowest BCUT2D eigenvalue weighted by Gasteiger charge is -2.43. The number of methoxy groups -OCH3 is 1. The lowest BCUT2D eigenvalue weighted by Crippen LogP contribution is -2.57. The van der Waals surface area contributed by atoms with Crippen LogP contribution in [0.3, 0.4) is 0 Å². The average molecular weight is 400 g/mol. The lowest BCUT2D eigenvalue weighted by molar-refractivity contribution is -0.137. The van der Waals surface area contributed by atoms with Gasteiger partial charge in [0.1, 0.15) is 5.75 Å². The van der Waals surface area contributed by atoms with E-state index < -0.39 is 11.7 Å². The molecule has 3 rings (SSSR count). The van der Waals surface area contributed by atoms with Crippen LogP contribution in [0.2, 0.25) is 0 Å². The second-order valence-corrected chi connectivity index (χ2v) is 7.25. The van der Waals surface area contributed by atoms with Crippen LogP contribution in [0, 0.1) is 0 Å². The van der Waals surface area contributed by atoms with E-state index in [0.717, 1.165) is 44.5 Å². The Kier molecular flexibility index (Phi) is 6.50. The number of hydrogen-bond donors (Lipinski definition) is 0. The smallest absolute Gasteiger partial charge is 0.416 e. The van der Waals surface area contributed by atoms with E-state index in [-0.39, 0.29) is 29.3 Å². The van der Waals surface area contributed by atoms with Crippen molar-refractivity contribution >= 4 is 5.91 Å². The fourth-order valence-electron chi connectivity index (χ4n) is 4.24. The highest BCUT2D eigenvalue weighted by Crippen LogP contribution is 2.34. The predicted octanol–water partition coefficient (Wildman–Crippen LogP) is 3.43. The van der Waals surface area contributed by atoms with Crippen LogP contribution in [-0.4, -0.2) is 67.7 Å². The number of hydrogen-bond acceptors (Lipinski definition) is 4. The molecule has 2 aliphatic rings. The zero-order chi connectivity index (χ0) is 20.3. The standard InChI is InChI=1S/C20H27F3N2O3/c1-3-25(17-13-28-11-8-16(17)24-9-4-5-10-24)19(26)15-7-6-14(20(21,22)23)12-18(15)27-2/h6-7,12,16-17H,3-5,8-11,13H2,1-2H3. The molecule has 0 radical (unpaired) electrons. The van der Waals surface area contributed by atoms with Gasteiger partial charge in [-0.15, -0.1) is 0 Å². The van der Waals surface area contributed by atoms with Crippen LogP contribution in [0.15, 0.2) is 18.2 Å². The molecule has 2 saturated heterocycles. The maximum absolute atomic E-state index is 13.3. The fraction of sp³-hybridized carbons (Fsp3) is 0.650. The number of carbonyl (C=O) groups is 1. The number of rotatable bonds is 5. The molecule has 0 aromatic heterocycles. The molecule has 0 N–H and O–H groups in total. The van der Waals surface area contributed by atoms with E-state index in [2.05, 4.69) is 4.90 Å². The Hall–Kier alpha value is -1.80. The molecule has 2 fully saturated rings. The number of carbonyl (C=O) groups excluding carboxylic acids is 1. The summed E-state index contributed by atoms with van der Waals surface area (Å²) in [7, 11) is 1.28. The van der Waals surface area contributed by atoms with Gasteiger partial charge in [0.15, 0.2) is 0 Å². The number of nitrogens with zero attached hydrogens (tertiary/aromatic N) is 2. The third-order valence-electron chi connectivity index (χ3n) is 5.66. The highest BCUT2D eigenvalue weighted by Gasteiger charge is 2.38. The van der Waals surface area contributed by atoms with E-state index >= 15 is 0 Å². The molecule has 8 heteroatoms. The zero-order valence-corrected chi connectivity index (χ0v) is 16.3. The van der Waals surface area contributed by atoms with Crippen molar-refractivity contribution in [2.24, 2.45) is 0 Å². The second kappa shape index (κ2) is 8.69. The summed E-state index contributed by atoms with van der Waals surface area (Å²) in [6.45, 7) is 5.44. The van der Waals surface area contributed by atoms with Crippen molar-refractivity contribution in [3.05, 3.63) is 29.3 Å². The molecule has 2 unspecified atom stereocenters. The van der Waals surface area contributed by atoms with Crippen molar-refractivity contribution in [2.45, 2.75) is 44.4 Å². The number of benzene rings is 1. The third kappa shape index (κ3) is 4.27. The molecule has 0 spiro atoms. The molecule has 0 bridgehead atoms. The van der Waals surface area contributed by atoms with Gasteiger partial charge in [0.25, 0.3) is 5.91 Å². The predicted molar refractivity (Wildman–Crippen MR) is 98.5 cm³/mol. The normalized spacial score (nSPS) is 23.6. The molecule has 0 aliphatic carbocycles. The summed E-state index contributed by atoms with van der Waals surface area (Å²) in [5, 5.41) is 0. The van der Waals surface area contributed by atoms with Crippen molar-refractivity contribution in [2.75, 3.05) is 40.0 Å². The highest BCUT2D eigenvalue weighted by atomic mass is 19.4. The average Bonchev–Trinajstić information content (AvgIpc) is 3.22. The van der Waals surface area contributed by atoms with Gasteiger partial charge in [-0.3, -0.25) is 9.69 Å². The Bertz CT molecular complexity index is 690. The summed E-state index contributed by atoms with van der Waals surface area (Å²) in [4.78, 5) is 17.4. The van der Waals surface area contributed by atoms with E-state index in [1.54, 1.807) is 4.90 Å². The van der Waals surface area contributed by atoms with E-state index in [1.807, 2.05) is 6.92 Å². The van der Waals surface area contributed by atoms with Gasteiger partial charge in [-0.25, -0.2) is 0 Å². The Morgan fingerprint density at radius 2 is 2.04 bits per heavy atom. The van der Waals surface area contributed by atoms with Gasteiger partial charge in [0.2, 0.25) is 0 Å². The molecule has 5 nitrogen and oxygen atoms in total. The Morgan fingerprint density at radius 3 is 2.64 bits per heavy atom. The molecule has 156 valence electrons. The van der Waals surface area contributed by atoms with E-state index in [4.69, 9.17) is 9.47 Å². The lowest BCUT2D eigenvalue weighted by atomic mass is 9.98. The molecule has 1 amide bonds. The molecule has 2 aliphatic heterocycles. The van der Waals surface area contributed by atoms with Crippen LogP contribution in [0.5, 0.6) is 5.75 Å². The van der Waals surface area contributed by atoms with Crippen molar-refractivity contribution < 1.29 is 27.4 Å². The molecular weight excluding hydrogens is 373 g/mol. The number of halogens is 3. The monoisotopic (exact) mass is 400 g/mol. The first-order valence-corrected chi connectivity index (χ1v) is 9.74. The zero-order valence-electron chi connectivity index (χ0n) is 16.3. The minimum Gasteiger partial charge on any atom is -0.496 e. The number of likely N-dealkylation sites (N-methyl/N-ethyl adjacent to an activating group) is 1. The summed E-state index contributed by atoms with van der Waals surface area (Å²) in [5.74, 6) is -0.388. The topological polar surface area (TPSA) is 42.0 Å². The van der Waals surface area contributed by atoms with Gasteiger partial charge >= 0.3 is 6.18 Å². The van der Waals surface area contributed by atoms with Crippen molar-refractivity contribution in [1.29, 1.82) is 0 Å². The second-order valence-electron chi connectivity index (χ2n) is 7.25. The largest absolute Gasteiger partial charge is 0.496 e. The summed E-state index contributed by atoms with van der Waals surface area (Å²) in [5.41, 5.74) is -0.692. The van der Waals surface area contributed by atoms with Crippen molar-refractivity contribution in [3.63, 3.8) is 0 Å². The molecule has 1 aromatic carbocycles. The number of likely N-dealkylation sites (tertiary alicyclic amines) is 1. The van der Waals surface area contributed by atoms with Crippen LogP contribution in [0.25, 0.3) is 0 Å². The van der Waals surface area contributed by atoms with E-state index in [9.17, 15) is 18.0 Å². The van der Waals surface area contributed by atoms with Crippen LogP contribution in [-0.2, 0) is 10.9 Å². The van der Waals surface area contributed by atoms with Crippen LogP contribution in [0.1, 0.15) is 42.1 Å². The third-order valence-corrected chi connectivity index (χ3v) is 5.66. The maximum atomic E-state index is 13.3. The van der Waals surface area contributed by atoms with Gasteiger partial charge in [0.05, 0.1) is 30.9 Å². The minimum absolute atomic E-state index is 0.0623. The first-order chi connectivity index (χ1) is 13.4. The maximum Gasteiger partial charge on any atom is 0.416 e. The van der Waals surface area contributed by atoms with Gasteiger partial charge < -0.3 is 14.4 Å².